The maximum Gasteiger partial charge on any atom is 0.163 e. The van der Waals surface area contributed by atoms with Crippen LogP contribution in [0.2, 0.25) is 5.02 Å². The minimum Gasteiger partial charge on any atom is -0.294 e. The number of hydrogen-bond donors (Lipinski definition) is 0. The zero-order valence-electron chi connectivity index (χ0n) is 12.5. The molecular weight excluding hydrogens is 280 g/mol. The number of Topliss-reactive ketones (excluding diaryl/α,β-unsaturated/α-hetero) is 1. The molecule has 0 aromatic heterocycles. The third kappa shape index (κ3) is 2.63. The van der Waals surface area contributed by atoms with Crippen LogP contribution in [0.25, 0.3) is 0 Å². The lowest BCUT2D eigenvalue weighted by atomic mass is 9.93. The van der Waals surface area contributed by atoms with Gasteiger partial charge in [-0.05, 0) is 67.0 Å². The number of fused-ring (bicyclic) bond motifs is 1. The van der Waals surface area contributed by atoms with Crippen molar-refractivity contribution in [3.8, 4) is 0 Å². The second-order valence-electron chi connectivity index (χ2n) is 5.83. The van der Waals surface area contributed by atoms with Crippen molar-refractivity contribution in [2.24, 2.45) is 0 Å². The standard InChI is InChI=1S/C19H19ClO/c1-12-4-3-5-18(20)15(12)8-6-14-7-9-17-16(13(14)2)10-11-19(17)21/h3-5,7,9H,6,8,10-11H2,1-2H3. The van der Waals surface area contributed by atoms with Gasteiger partial charge in [0.2, 0.25) is 0 Å². The van der Waals surface area contributed by atoms with E-state index in [1.54, 1.807) is 0 Å². The molecule has 21 heavy (non-hydrogen) atoms. The van der Waals surface area contributed by atoms with Gasteiger partial charge in [0.15, 0.2) is 5.78 Å². The number of rotatable bonds is 3. The van der Waals surface area contributed by atoms with Gasteiger partial charge in [-0.2, -0.15) is 0 Å². The average Bonchev–Trinajstić information content (AvgIpc) is 2.83. The van der Waals surface area contributed by atoms with E-state index < -0.39 is 0 Å². The summed E-state index contributed by atoms with van der Waals surface area (Å²) in [5, 5.41) is 0.851. The molecule has 0 spiro atoms. The van der Waals surface area contributed by atoms with E-state index in [1.165, 1.54) is 27.8 Å². The lowest BCUT2D eigenvalue weighted by molar-refractivity contribution is 0.0994. The minimum atomic E-state index is 0.293. The SMILES string of the molecule is Cc1cccc(Cl)c1CCc1ccc2c(c1C)CCC2=O. The summed E-state index contributed by atoms with van der Waals surface area (Å²) in [5.74, 6) is 0.293. The van der Waals surface area contributed by atoms with Crippen LogP contribution in [-0.4, -0.2) is 5.78 Å². The Morgan fingerprint density at radius 1 is 1.05 bits per heavy atom. The number of carbonyl (C=O) groups excluding carboxylic acids is 1. The lowest BCUT2D eigenvalue weighted by Crippen LogP contribution is -2.01. The molecule has 0 saturated carbocycles. The largest absolute Gasteiger partial charge is 0.294 e. The van der Waals surface area contributed by atoms with Gasteiger partial charge in [-0.1, -0.05) is 35.9 Å². The van der Waals surface area contributed by atoms with Crippen LogP contribution in [0.5, 0.6) is 0 Å². The molecule has 0 N–H and O–H groups in total. The van der Waals surface area contributed by atoms with Crippen LogP contribution >= 0.6 is 11.6 Å². The van der Waals surface area contributed by atoms with Gasteiger partial charge in [0, 0.05) is 17.0 Å². The molecule has 2 heteroatoms. The molecular formula is C19H19ClO. The maximum absolute atomic E-state index is 11.8. The molecule has 2 aromatic rings. The first-order chi connectivity index (χ1) is 10.1. The Morgan fingerprint density at radius 2 is 1.86 bits per heavy atom. The van der Waals surface area contributed by atoms with Crippen LogP contribution in [0.4, 0.5) is 0 Å². The van der Waals surface area contributed by atoms with Gasteiger partial charge in [0.05, 0.1) is 0 Å². The molecule has 1 nitrogen and oxygen atoms in total. The van der Waals surface area contributed by atoms with Crippen molar-refractivity contribution in [1.82, 2.24) is 0 Å². The van der Waals surface area contributed by atoms with E-state index in [1.807, 2.05) is 18.2 Å². The van der Waals surface area contributed by atoms with Gasteiger partial charge in [0.25, 0.3) is 0 Å². The second-order valence-corrected chi connectivity index (χ2v) is 6.24. The molecule has 0 fully saturated rings. The molecule has 108 valence electrons. The smallest absolute Gasteiger partial charge is 0.163 e. The van der Waals surface area contributed by atoms with Crippen molar-refractivity contribution in [1.29, 1.82) is 0 Å². The molecule has 0 amide bonds. The van der Waals surface area contributed by atoms with Crippen molar-refractivity contribution in [2.45, 2.75) is 39.5 Å². The number of ketones is 1. The highest BCUT2D eigenvalue weighted by atomic mass is 35.5. The topological polar surface area (TPSA) is 17.1 Å². The molecule has 0 radical (unpaired) electrons. The van der Waals surface area contributed by atoms with Gasteiger partial charge < -0.3 is 0 Å². The van der Waals surface area contributed by atoms with Crippen LogP contribution in [0.3, 0.4) is 0 Å². The number of hydrogen-bond acceptors (Lipinski definition) is 1. The molecule has 0 saturated heterocycles. The summed E-state index contributed by atoms with van der Waals surface area (Å²) in [6, 6.07) is 10.2. The van der Waals surface area contributed by atoms with Crippen molar-refractivity contribution in [2.75, 3.05) is 0 Å². The molecule has 0 heterocycles. The highest BCUT2D eigenvalue weighted by Crippen LogP contribution is 2.29. The Labute approximate surface area is 131 Å². The van der Waals surface area contributed by atoms with E-state index in [0.717, 1.165) is 29.8 Å². The van der Waals surface area contributed by atoms with Gasteiger partial charge in [-0.3, -0.25) is 4.79 Å². The van der Waals surface area contributed by atoms with Crippen LogP contribution < -0.4 is 0 Å². The Balaban J connectivity index is 1.85. The van der Waals surface area contributed by atoms with E-state index in [4.69, 9.17) is 11.6 Å². The van der Waals surface area contributed by atoms with Crippen LogP contribution in [0, 0.1) is 13.8 Å². The Kier molecular flexibility index (Phi) is 3.86. The summed E-state index contributed by atoms with van der Waals surface area (Å²) in [5.41, 5.74) is 7.30. The maximum atomic E-state index is 11.8. The summed E-state index contributed by atoms with van der Waals surface area (Å²) in [4.78, 5) is 11.8. The first-order valence-electron chi connectivity index (χ1n) is 7.46. The van der Waals surface area contributed by atoms with Gasteiger partial charge >= 0.3 is 0 Å². The predicted octanol–water partition coefficient (Wildman–Crippen LogP) is 4.87. The predicted molar refractivity (Wildman–Crippen MR) is 87.4 cm³/mol. The van der Waals surface area contributed by atoms with Crippen molar-refractivity contribution in [3.05, 3.63) is 68.7 Å². The van der Waals surface area contributed by atoms with Crippen LogP contribution in [-0.2, 0) is 19.3 Å². The molecule has 0 bridgehead atoms. The molecule has 0 aliphatic heterocycles. The normalized spacial score (nSPS) is 13.6. The highest BCUT2D eigenvalue weighted by molar-refractivity contribution is 6.31. The quantitative estimate of drug-likeness (QED) is 0.790. The lowest BCUT2D eigenvalue weighted by Gasteiger charge is -2.12. The molecule has 1 aliphatic rings. The fourth-order valence-corrected chi connectivity index (χ4v) is 3.59. The Morgan fingerprint density at radius 3 is 2.62 bits per heavy atom. The molecule has 2 aromatic carbocycles. The average molecular weight is 299 g/mol. The first-order valence-corrected chi connectivity index (χ1v) is 7.84. The van der Waals surface area contributed by atoms with E-state index >= 15 is 0 Å². The van der Waals surface area contributed by atoms with Crippen molar-refractivity contribution >= 4 is 17.4 Å². The summed E-state index contributed by atoms with van der Waals surface area (Å²) in [6.07, 6.45) is 3.49. The summed E-state index contributed by atoms with van der Waals surface area (Å²) >= 11 is 6.30. The third-order valence-corrected chi connectivity index (χ3v) is 4.96. The number of halogens is 1. The minimum absolute atomic E-state index is 0.293. The van der Waals surface area contributed by atoms with E-state index in [9.17, 15) is 4.79 Å². The number of benzene rings is 2. The Hall–Kier alpha value is -1.60. The number of carbonyl (C=O) groups is 1. The van der Waals surface area contributed by atoms with Gasteiger partial charge in [-0.25, -0.2) is 0 Å². The fourth-order valence-electron chi connectivity index (χ4n) is 3.28. The summed E-state index contributed by atoms with van der Waals surface area (Å²) in [6.45, 7) is 4.25. The van der Waals surface area contributed by atoms with Crippen LogP contribution in [0.15, 0.2) is 30.3 Å². The van der Waals surface area contributed by atoms with Crippen molar-refractivity contribution < 1.29 is 4.79 Å². The molecule has 0 unspecified atom stereocenters. The Bertz CT molecular complexity index is 695. The fraction of sp³-hybridized carbons (Fsp3) is 0.316. The molecule has 1 aliphatic carbocycles. The molecule has 0 atom stereocenters. The van der Waals surface area contributed by atoms with Gasteiger partial charge in [-0.15, -0.1) is 0 Å². The van der Waals surface area contributed by atoms with E-state index in [-0.39, 0.29) is 0 Å². The highest BCUT2D eigenvalue weighted by Gasteiger charge is 2.22. The summed E-state index contributed by atoms with van der Waals surface area (Å²) in [7, 11) is 0. The summed E-state index contributed by atoms with van der Waals surface area (Å²) < 4.78 is 0. The van der Waals surface area contributed by atoms with E-state index in [0.29, 0.717) is 12.2 Å². The van der Waals surface area contributed by atoms with Crippen molar-refractivity contribution in [3.63, 3.8) is 0 Å². The first kappa shape index (κ1) is 14.3. The monoisotopic (exact) mass is 298 g/mol. The third-order valence-electron chi connectivity index (χ3n) is 4.61. The second kappa shape index (κ2) is 5.65. The van der Waals surface area contributed by atoms with E-state index in [2.05, 4.69) is 26.0 Å². The number of aryl methyl sites for hydroxylation is 2. The zero-order valence-corrected chi connectivity index (χ0v) is 13.3. The van der Waals surface area contributed by atoms with Crippen LogP contribution in [0.1, 0.15) is 44.6 Å². The molecule has 3 rings (SSSR count). The van der Waals surface area contributed by atoms with Gasteiger partial charge in [0.1, 0.15) is 0 Å². The zero-order chi connectivity index (χ0) is 15.0.